The Morgan fingerprint density at radius 2 is 2.21 bits per heavy atom. The molecule has 0 amide bonds. The minimum Gasteiger partial charge on any atom is -0.374 e. The number of nitrogens with zero attached hydrogens (tertiary/aromatic N) is 1. The van der Waals surface area contributed by atoms with Crippen molar-refractivity contribution in [3.63, 3.8) is 0 Å². The number of hydrogen-bond acceptors (Lipinski definition) is 3. The van der Waals surface area contributed by atoms with Crippen LogP contribution in [-0.2, 0) is 4.74 Å². The average molecular weight is 285 g/mol. The van der Waals surface area contributed by atoms with Gasteiger partial charge in [0.15, 0.2) is 0 Å². The van der Waals surface area contributed by atoms with Gasteiger partial charge in [0.05, 0.1) is 23.8 Å². The predicted octanol–water partition coefficient (Wildman–Crippen LogP) is 2.34. The quantitative estimate of drug-likeness (QED) is 0.926. The smallest absolute Gasteiger partial charge is 0.142 e. The van der Waals surface area contributed by atoms with Gasteiger partial charge in [-0.05, 0) is 30.5 Å². The van der Waals surface area contributed by atoms with Crippen LogP contribution in [0.3, 0.4) is 0 Å². The Kier molecular flexibility index (Phi) is 3.76. The lowest BCUT2D eigenvalue weighted by atomic mass is 9.97. The van der Waals surface area contributed by atoms with Crippen molar-refractivity contribution in [3.8, 4) is 0 Å². The molecular weight excluding hydrogens is 267 g/mol. The first-order valence-electron chi connectivity index (χ1n) is 6.73. The van der Waals surface area contributed by atoms with Gasteiger partial charge in [-0.25, -0.2) is 4.39 Å². The number of ether oxygens (including phenoxy) is 1. The minimum atomic E-state index is -0.378. The van der Waals surface area contributed by atoms with Crippen molar-refractivity contribution in [2.45, 2.75) is 31.0 Å². The summed E-state index contributed by atoms with van der Waals surface area (Å²) in [6.07, 6.45) is 2.35. The molecule has 3 rings (SSSR count). The van der Waals surface area contributed by atoms with E-state index < -0.39 is 0 Å². The standard InChI is InChI=1S/C14H18ClFN2O/c15-11-4-1-9(7-12(11)16)14-13(8-17)19-6-5-18(14)10-2-3-10/h1,4,7,10,13-14H,2-3,5-6,8,17H2. The molecule has 2 atom stereocenters. The zero-order chi connectivity index (χ0) is 13.4. The SMILES string of the molecule is NCC1OCCN(C2CC2)C1c1ccc(Cl)c(F)c1. The first kappa shape index (κ1) is 13.3. The Balaban J connectivity index is 1.93. The van der Waals surface area contributed by atoms with Gasteiger partial charge in [-0.1, -0.05) is 17.7 Å². The molecule has 3 nitrogen and oxygen atoms in total. The van der Waals surface area contributed by atoms with Crippen LogP contribution >= 0.6 is 11.6 Å². The second-order valence-corrected chi connectivity index (χ2v) is 5.64. The van der Waals surface area contributed by atoms with Gasteiger partial charge in [0, 0.05) is 19.1 Å². The van der Waals surface area contributed by atoms with Crippen molar-refractivity contribution in [1.82, 2.24) is 4.90 Å². The second-order valence-electron chi connectivity index (χ2n) is 5.23. The van der Waals surface area contributed by atoms with E-state index in [9.17, 15) is 4.39 Å². The Morgan fingerprint density at radius 1 is 1.42 bits per heavy atom. The summed E-state index contributed by atoms with van der Waals surface area (Å²) in [5.74, 6) is -0.378. The van der Waals surface area contributed by atoms with E-state index in [4.69, 9.17) is 22.1 Å². The number of nitrogens with two attached hydrogens (primary N) is 1. The summed E-state index contributed by atoms with van der Waals surface area (Å²) in [5, 5.41) is 0.155. The molecule has 1 aliphatic carbocycles. The number of morpholine rings is 1. The van der Waals surface area contributed by atoms with Crippen molar-refractivity contribution < 1.29 is 9.13 Å². The zero-order valence-corrected chi connectivity index (χ0v) is 11.4. The highest BCUT2D eigenvalue weighted by Crippen LogP contribution is 2.39. The number of halogens is 2. The molecule has 0 spiro atoms. The van der Waals surface area contributed by atoms with E-state index >= 15 is 0 Å². The number of rotatable bonds is 3. The zero-order valence-electron chi connectivity index (χ0n) is 10.7. The Hall–Kier alpha value is -0.680. The fourth-order valence-electron chi connectivity index (χ4n) is 2.87. The van der Waals surface area contributed by atoms with Gasteiger partial charge < -0.3 is 10.5 Å². The van der Waals surface area contributed by atoms with Crippen molar-refractivity contribution >= 4 is 11.6 Å². The van der Waals surface area contributed by atoms with Gasteiger partial charge in [-0.3, -0.25) is 4.90 Å². The third kappa shape index (κ3) is 2.63. The van der Waals surface area contributed by atoms with Crippen molar-refractivity contribution in [3.05, 3.63) is 34.6 Å². The van der Waals surface area contributed by atoms with Gasteiger partial charge in [0.2, 0.25) is 0 Å². The molecule has 104 valence electrons. The molecule has 1 saturated heterocycles. The largest absolute Gasteiger partial charge is 0.374 e. The number of benzene rings is 1. The normalized spacial score (nSPS) is 28.6. The summed E-state index contributed by atoms with van der Waals surface area (Å²) in [6, 6.07) is 5.64. The van der Waals surface area contributed by atoms with Gasteiger partial charge in [0.25, 0.3) is 0 Å². The highest BCUT2D eigenvalue weighted by Gasteiger charge is 2.40. The van der Waals surface area contributed by atoms with Gasteiger partial charge in [-0.15, -0.1) is 0 Å². The van der Waals surface area contributed by atoms with Gasteiger partial charge >= 0.3 is 0 Å². The monoisotopic (exact) mass is 284 g/mol. The number of hydrogen-bond donors (Lipinski definition) is 1. The molecule has 2 unspecified atom stereocenters. The Labute approximate surface area is 117 Å². The molecule has 5 heteroatoms. The van der Waals surface area contributed by atoms with Gasteiger partial charge in [0.1, 0.15) is 5.82 Å². The van der Waals surface area contributed by atoms with E-state index in [1.165, 1.54) is 18.9 Å². The Bertz CT molecular complexity index is 467. The molecule has 2 fully saturated rings. The third-order valence-corrected chi connectivity index (χ3v) is 4.23. The fraction of sp³-hybridized carbons (Fsp3) is 0.571. The summed E-state index contributed by atoms with van der Waals surface area (Å²) in [4.78, 5) is 2.41. The van der Waals surface area contributed by atoms with E-state index in [0.717, 1.165) is 12.1 Å². The first-order valence-corrected chi connectivity index (χ1v) is 7.11. The first-order chi connectivity index (χ1) is 9.20. The van der Waals surface area contributed by atoms with Crippen molar-refractivity contribution in [1.29, 1.82) is 0 Å². The molecule has 2 aliphatic rings. The highest BCUT2D eigenvalue weighted by molar-refractivity contribution is 6.30. The van der Waals surface area contributed by atoms with Crippen LogP contribution in [0.1, 0.15) is 24.4 Å². The van der Waals surface area contributed by atoms with Gasteiger partial charge in [-0.2, -0.15) is 0 Å². The third-order valence-electron chi connectivity index (χ3n) is 3.92. The molecule has 0 radical (unpaired) electrons. The van der Waals surface area contributed by atoms with E-state index in [1.807, 2.05) is 6.07 Å². The summed E-state index contributed by atoms with van der Waals surface area (Å²) in [5.41, 5.74) is 6.72. The summed E-state index contributed by atoms with van der Waals surface area (Å²) in [7, 11) is 0. The van der Waals surface area contributed by atoms with E-state index in [2.05, 4.69) is 4.90 Å². The molecule has 0 bridgehead atoms. The predicted molar refractivity (Wildman–Crippen MR) is 72.7 cm³/mol. The topological polar surface area (TPSA) is 38.5 Å². The van der Waals surface area contributed by atoms with Crippen LogP contribution in [0.4, 0.5) is 4.39 Å². The fourth-order valence-corrected chi connectivity index (χ4v) is 2.99. The summed E-state index contributed by atoms with van der Waals surface area (Å²) < 4.78 is 19.4. The van der Waals surface area contributed by atoms with E-state index in [0.29, 0.717) is 19.2 Å². The van der Waals surface area contributed by atoms with Crippen molar-refractivity contribution in [2.75, 3.05) is 19.7 Å². The molecule has 1 heterocycles. The molecule has 0 aromatic heterocycles. The van der Waals surface area contributed by atoms with E-state index in [-0.39, 0.29) is 23.0 Å². The molecule has 1 aromatic rings. The van der Waals surface area contributed by atoms with Crippen LogP contribution in [0.15, 0.2) is 18.2 Å². The molecule has 1 saturated carbocycles. The summed E-state index contributed by atoms with van der Waals surface area (Å²) in [6.45, 7) is 2.03. The lowest BCUT2D eigenvalue weighted by molar-refractivity contribution is -0.0713. The van der Waals surface area contributed by atoms with Crippen LogP contribution < -0.4 is 5.73 Å². The maximum absolute atomic E-state index is 13.7. The maximum Gasteiger partial charge on any atom is 0.142 e. The molecule has 19 heavy (non-hydrogen) atoms. The summed E-state index contributed by atoms with van der Waals surface area (Å²) >= 11 is 5.76. The second kappa shape index (κ2) is 5.37. The van der Waals surface area contributed by atoms with Crippen LogP contribution in [0.5, 0.6) is 0 Å². The lowest BCUT2D eigenvalue weighted by Crippen LogP contribution is -2.49. The van der Waals surface area contributed by atoms with E-state index in [1.54, 1.807) is 6.07 Å². The van der Waals surface area contributed by atoms with Crippen LogP contribution in [0, 0.1) is 5.82 Å². The molecule has 2 N–H and O–H groups in total. The minimum absolute atomic E-state index is 0.0398. The lowest BCUT2D eigenvalue weighted by Gasteiger charge is -2.41. The molecular formula is C14H18ClFN2O. The van der Waals surface area contributed by atoms with Crippen molar-refractivity contribution in [2.24, 2.45) is 5.73 Å². The molecule has 1 aromatic carbocycles. The Morgan fingerprint density at radius 3 is 2.84 bits per heavy atom. The average Bonchev–Trinajstić information content (AvgIpc) is 3.25. The van der Waals surface area contributed by atoms with Crippen LogP contribution in [0.2, 0.25) is 5.02 Å². The highest BCUT2D eigenvalue weighted by atomic mass is 35.5. The van der Waals surface area contributed by atoms with Crippen LogP contribution in [0.25, 0.3) is 0 Å². The maximum atomic E-state index is 13.7. The van der Waals surface area contributed by atoms with Crippen LogP contribution in [-0.4, -0.2) is 36.7 Å². The molecule has 1 aliphatic heterocycles.